The number of primary amides is 1. The van der Waals surface area contributed by atoms with E-state index >= 15 is 0 Å². The molecule has 0 aromatic heterocycles. The number of phenols is 1. The molecule has 0 saturated heterocycles. The van der Waals surface area contributed by atoms with Crippen LogP contribution in [-0.2, 0) is 11.3 Å². The highest BCUT2D eigenvalue weighted by Crippen LogP contribution is 2.24. The summed E-state index contributed by atoms with van der Waals surface area (Å²) in [4.78, 5) is 10.5. The molecule has 4 nitrogen and oxygen atoms in total. The summed E-state index contributed by atoms with van der Waals surface area (Å²) in [7, 11) is 0. The van der Waals surface area contributed by atoms with Gasteiger partial charge in [0, 0.05) is 23.6 Å². The molecule has 0 aliphatic heterocycles. The third-order valence-electron chi connectivity index (χ3n) is 2.17. The van der Waals surface area contributed by atoms with E-state index in [0.29, 0.717) is 36.5 Å². The maximum Gasteiger partial charge on any atom is 0.217 e. The van der Waals surface area contributed by atoms with Crippen LogP contribution in [0.25, 0.3) is 0 Å². The van der Waals surface area contributed by atoms with Crippen LogP contribution in [0.15, 0.2) is 18.2 Å². The van der Waals surface area contributed by atoms with Crippen molar-refractivity contribution in [1.82, 2.24) is 5.32 Å². The van der Waals surface area contributed by atoms with Crippen LogP contribution in [-0.4, -0.2) is 17.6 Å². The molecule has 0 aliphatic carbocycles. The molecule has 1 rings (SSSR count). The third-order valence-corrected chi connectivity index (χ3v) is 2.53. The fraction of sp³-hybridized carbons (Fsp3) is 0.364. The Labute approximate surface area is 99.4 Å². The quantitative estimate of drug-likeness (QED) is 0.660. The number of hydrogen-bond donors (Lipinski definition) is 3. The van der Waals surface area contributed by atoms with Crippen molar-refractivity contribution in [1.29, 1.82) is 0 Å². The topological polar surface area (TPSA) is 75.4 Å². The lowest BCUT2D eigenvalue weighted by molar-refractivity contribution is -0.118. The zero-order valence-corrected chi connectivity index (χ0v) is 9.63. The highest BCUT2D eigenvalue weighted by Gasteiger charge is 2.04. The largest absolute Gasteiger partial charge is 0.508 e. The molecule has 0 unspecified atom stereocenters. The highest BCUT2D eigenvalue weighted by atomic mass is 35.5. The van der Waals surface area contributed by atoms with Crippen LogP contribution in [0.3, 0.4) is 0 Å². The number of carbonyl (C=O) groups is 1. The van der Waals surface area contributed by atoms with Gasteiger partial charge < -0.3 is 16.2 Å². The Balaban J connectivity index is 2.34. The number of halogens is 1. The van der Waals surface area contributed by atoms with Crippen LogP contribution in [0.4, 0.5) is 0 Å². The monoisotopic (exact) mass is 242 g/mol. The lowest BCUT2D eigenvalue weighted by atomic mass is 10.2. The molecule has 1 aromatic carbocycles. The zero-order valence-electron chi connectivity index (χ0n) is 8.87. The summed E-state index contributed by atoms with van der Waals surface area (Å²) in [5.74, 6) is -0.128. The average Bonchev–Trinajstić information content (AvgIpc) is 2.21. The number of rotatable bonds is 6. The minimum absolute atomic E-state index is 0.176. The summed E-state index contributed by atoms with van der Waals surface area (Å²) in [5.41, 5.74) is 5.68. The first-order valence-electron chi connectivity index (χ1n) is 5.06. The Morgan fingerprint density at radius 3 is 2.88 bits per heavy atom. The van der Waals surface area contributed by atoms with Crippen LogP contribution >= 0.6 is 11.6 Å². The SMILES string of the molecule is NC(=O)CCCNCc1c(O)cccc1Cl. The van der Waals surface area contributed by atoms with E-state index in [2.05, 4.69) is 5.32 Å². The lowest BCUT2D eigenvalue weighted by Crippen LogP contribution is -2.18. The van der Waals surface area contributed by atoms with Crippen molar-refractivity contribution in [3.63, 3.8) is 0 Å². The van der Waals surface area contributed by atoms with Gasteiger partial charge in [-0.1, -0.05) is 17.7 Å². The van der Waals surface area contributed by atoms with Gasteiger partial charge in [0.25, 0.3) is 0 Å². The number of carbonyl (C=O) groups excluding carboxylic acids is 1. The zero-order chi connectivity index (χ0) is 12.0. The van der Waals surface area contributed by atoms with Crippen molar-refractivity contribution in [2.45, 2.75) is 19.4 Å². The van der Waals surface area contributed by atoms with Crippen LogP contribution in [0.2, 0.25) is 5.02 Å². The van der Waals surface area contributed by atoms with Gasteiger partial charge in [0.1, 0.15) is 5.75 Å². The standard InChI is InChI=1S/C11H15ClN2O2/c12-9-3-1-4-10(15)8(9)7-14-6-2-5-11(13)16/h1,3-4,14-15H,2,5-7H2,(H2,13,16). The molecule has 0 radical (unpaired) electrons. The van der Waals surface area contributed by atoms with E-state index in [1.165, 1.54) is 0 Å². The molecule has 0 fully saturated rings. The van der Waals surface area contributed by atoms with E-state index in [9.17, 15) is 9.90 Å². The van der Waals surface area contributed by atoms with E-state index in [1.54, 1.807) is 18.2 Å². The molecule has 0 saturated carbocycles. The van der Waals surface area contributed by atoms with Crippen molar-refractivity contribution in [3.8, 4) is 5.75 Å². The first kappa shape index (κ1) is 12.8. The Bertz CT molecular complexity index is 349. The molecule has 5 heteroatoms. The van der Waals surface area contributed by atoms with E-state index < -0.39 is 0 Å². The van der Waals surface area contributed by atoms with Gasteiger partial charge >= 0.3 is 0 Å². The van der Waals surface area contributed by atoms with Crippen LogP contribution in [0, 0.1) is 0 Å². The third kappa shape index (κ3) is 4.08. The second-order valence-electron chi connectivity index (χ2n) is 3.48. The second-order valence-corrected chi connectivity index (χ2v) is 3.89. The van der Waals surface area contributed by atoms with E-state index in [-0.39, 0.29) is 11.7 Å². The number of hydrogen-bond acceptors (Lipinski definition) is 3. The summed E-state index contributed by atoms with van der Waals surface area (Å²) in [6.07, 6.45) is 1.04. The maximum absolute atomic E-state index is 10.5. The van der Waals surface area contributed by atoms with E-state index in [0.717, 1.165) is 0 Å². The minimum atomic E-state index is -0.303. The molecule has 0 aliphatic rings. The number of benzene rings is 1. The minimum Gasteiger partial charge on any atom is -0.508 e. The molecule has 1 aromatic rings. The fourth-order valence-corrected chi connectivity index (χ4v) is 1.56. The van der Waals surface area contributed by atoms with Gasteiger partial charge in [-0.05, 0) is 25.1 Å². The molecular weight excluding hydrogens is 228 g/mol. The molecule has 0 spiro atoms. The van der Waals surface area contributed by atoms with Crippen molar-refractivity contribution in [3.05, 3.63) is 28.8 Å². The lowest BCUT2D eigenvalue weighted by Gasteiger charge is -2.08. The number of nitrogens with one attached hydrogen (secondary N) is 1. The second kappa shape index (κ2) is 6.35. The van der Waals surface area contributed by atoms with Crippen LogP contribution < -0.4 is 11.1 Å². The molecule has 0 atom stereocenters. The number of nitrogens with two attached hydrogens (primary N) is 1. The Kier molecular flexibility index (Phi) is 5.08. The van der Waals surface area contributed by atoms with E-state index in [4.69, 9.17) is 17.3 Å². The summed E-state index contributed by atoms with van der Waals surface area (Å²) in [6, 6.07) is 5.00. The van der Waals surface area contributed by atoms with Gasteiger partial charge in [-0.2, -0.15) is 0 Å². The van der Waals surface area contributed by atoms with Crippen LogP contribution in [0.1, 0.15) is 18.4 Å². The first-order chi connectivity index (χ1) is 7.61. The predicted molar refractivity (Wildman–Crippen MR) is 63.3 cm³/mol. The summed E-state index contributed by atoms with van der Waals surface area (Å²) in [5, 5.41) is 13.2. The predicted octanol–water partition coefficient (Wildman–Crippen LogP) is 1.40. The normalized spacial score (nSPS) is 10.3. The Morgan fingerprint density at radius 2 is 2.25 bits per heavy atom. The van der Waals surface area contributed by atoms with Gasteiger partial charge in [0.2, 0.25) is 5.91 Å². The van der Waals surface area contributed by atoms with Crippen molar-refractivity contribution in [2.75, 3.05) is 6.54 Å². The molecule has 0 heterocycles. The van der Waals surface area contributed by atoms with Gasteiger partial charge in [0.15, 0.2) is 0 Å². The first-order valence-corrected chi connectivity index (χ1v) is 5.44. The van der Waals surface area contributed by atoms with Gasteiger partial charge in [-0.25, -0.2) is 0 Å². The molecule has 16 heavy (non-hydrogen) atoms. The maximum atomic E-state index is 10.5. The average molecular weight is 243 g/mol. The fourth-order valence-electron chi connectivity index (χ4n) is 1.32. The van der Waals surface area contributed by atoms with Crippen molar-refractivity contribution >= 4 is 17.5 Å². The highest BCUT2D eigenvalue weighted by molar-refractivity contribution is 6.31. The number of phenolic OH excluding ortho intramolecular Hbond substituents is 1. The smallest absolute Gasteiger partial charge is 0.217 e. The van der Waals surface area contributed by atoms with Crippen molar-refractivity contribution < 1.29 is 9.90 Å². The van der Waals surface area contributed by atoms with E-state index in [1.807, 2.05) is 0 Å². The summed E-state index contributed by atoms with van der Waals surface area (Å²) >= 11 is 5.92. The van der Waals surface area contributed by atoms with Gasteiger partial charge in [-0.3, -0.25) is 4.79 Å². The summed E-state index contributed by atoms with van der Waals surface area (Å²) in [6.45, 7) is 1.14. The van der Waals surface area contributed by atoms with Crippen LogP contribution in [0.5, 0.6) is 5.75 Å². The number of amides is 1. The Hall–Kier alpha value is -1.26. The van der Waals surface area contributed by atoms with Crippen molar-refractivity contribution in [2.24, 2.45) is 5.73 Å². The molecular formula is C11H15ClN2O2. The molecule has 88 valence electrons. The number of aromatic hydroxyl groups is 1. The van der Waals surface area contributed by atoms with Gasteiger partial charge in [0.05, 0.1) is 0 Å². The molecule has 1 amide bonds. The van der Waals surface area contributed by atoms with Gasteiger partial charge in [-0.15, -0.1) is 0 Å². The Morgan fingerprint density at radius 1 is 1.50 bits per heavy atom. The molecule has 4 N–H and O–H groups in total. The summed E-state index contributed by atoms with van der Waals surface area (Å²) < 4.78 is 0. The molecule has 0 bridgehead atoms.